The van der Waals surface area contributed by atoms with Crippen molar-refractivity contribution < 1.29 is 14.1 Å². The maximum absolute atomic E-state index is 5.99. The van der Waals surface area contributed by atoms with Gasteiger partial charge in [0.2, 0.25) is 0 Å². The molecular weight excluding hydrogens is 378 g/mol. The molecule has 0 fully saturated rings. The molecule has 25 heavy (non-hydrogen) atoms. The largest absolute Gasteiger partial charge is 0.493 e. The van der Waals surface area contributed by atoms with Crippen LogP contribution >= 0.6 is 35.2 Å². The van der Waals surface area contributed by atoms with Crippen LogP contribution in [-0.2, 0) is 13.2 Å². The number of quaternary nitrogens is 1. The molecule has 0 aliphatic rings. The minimum absolute atomic E-state index is 0.352. The third-order valence-corrected chi connectivity index (χ3v) is 5.07. The fourth-order valence-electron chi connectivity index (χ4n) is 2.50. The third-order valence-electron chi connectivity index (χ3n) is 3.55. The number of ether oxygens (including phenoxy) is 1. The molecular formula is C17H19ClN3O2S2+. The summed E-state index contributed by atoms with van der Waals surface area (Å²) in [6.45, 7) is 3.97. The fourth-order valence-corrected chi connectivity index (χ4v) is 3.88. The zero-order valence-corrected chi connectivity index (χ0v) is 16.4. The third kappa shape index (κ3) is 4.49. The maximum Gasteiger partial charge on any atom is 0.292 e. The Balaban J connectivity index is 1.77. The molecule has 2 aromatic heterocycles. The normalized spacial score (nSPS) is 12.3. The summed E-state index contributed by atoms with van der Waals surface area (Å²) in [5.74, 6) is 1.21. The van der Waals surface area contributed by atoms with Crippen LogP contribution in [0.1, 0.15) is 11.8 Å². The predicted octanol–water partition coefficient (Wildman–Crippen LogP) is 3.66. The standard InChI is InChI=1S/C17H18ClN3O2S2/c1-3-22-14-7-5-4-6-13(14)16-19-21(17(24)23-16)11-20(2)10-12-8-9-15(18)25-12/h4-9H,3,10-11H2,1-2H3/p+1. The Kier molecular flexibility index (Phi) is 5.90. The summed E-state index contributed by atoms with van der Waals surface area (Å²) in [5.41, 5.74) is 0.803. The van der Waals surface area contributed by atoms with Crippen molar-refractivity contribution in [1.29, 1.82) is 0 Å². The molecule has 0 saturated carbocycles. The lowest BCUT2D eigenvalue weighted by Crippen LogP contribution is -3.06. The summed E-state index contributed by atoms with van der Waals surface area (Å²) in [4.78, 5) is 2.80. The van der Waals surface area contributed by atoms with Crippen LogP contribution in [0.4, 0.5) is 0 Å². The number of hydrogen-bond donors (Lipinski definition) is 1. The van der Waals surface area contributed by atoms with Crippen LogP contribution in [0.15, 0.2) is 40.8 Å². The van der Waals surface area contributed by atoms with Gasteiger partial charge >= 0.3 is 0 Å². The maximum atomic E-state index is 5.99. The minimum Gasteiger partial charge on any atom is -0.493 e. The van der Waals surface area contributed by atoms with Crippen molar-refractivity contribution >= 4 is 35.2 Å². The van der Waals surface area contributed by atoms with Gasteiger partial charge in [-0.1, -0.05) is 23.7 Å². The van der Waals surface area contributed by atoms with Gasteiger partial charge in [0.25, 0.3) is 10.7 Å². The number of hydrogen-bond acceptors (Lipinski definition) is 5. The molecule has 8 heteroatoms. The summed E-state index contributed by atoms with van der Waals surface area (Å²) >= 11 is 12.9. The number of aromatic nitrogens is 2. The van der Waals surface area contributed by atoms with Crippen molar-refractivity contribution in [3.8, 4) is 17.2 Å². The molecule has 1 N–H and O–H groups in total. The average molecular weight is 397 g/mol. The molecule has 0 aliphatic carbocycles. The van der Waals surface area contributed by atoms with Crippen LogP contribution in [0.2, 0.25) is 4.34 Å². The summed E-state index contributed by atoms with van der Waals surface area (Å²) < 4.78 is 13.8. The molecule has 0 bridgehead atoms. The number of halogens is 1. The van der Waals surface area contributed by atoms with E-state index in [0.29, 0.717) is 24.0 Å². The van der Waals surface area contributed by atoms with Crippen LogP contribution < -0.4 is 9.64 Å². The highest BCUT2D eigenvalue weighted by Crippen LogP contribution is 2.28. The average Bonchev–Trinajstić information content (AvgIpc) is 3.14. The van der Waals surface area contributed by atoms with Crippen LogP contribution in [0.3, 0.4) is 0 Å². The number of nitrogens with zero attached hydrogens (tertiary/aromatic N) is 2. The Labute approximate surface area is 160 Å². The molecule has 0 saturated heterocycles. The molecule has 3 rings (SSSR count). The van der Waals surface area contributed by atoms with Crippen molar-refractivity contribution in [3.05, 3.63) is 50.4 Å². The fraction of sp³-hybridized carbons (Fsp3) is 0.294. The second-order valence-corrected chi connectivity index (χ2v) is 7.75. The molecule has 0 radical (unpaired) electrons. The molecule has 0 amide bonds. The highest BCUT2D eigenvalue weighted by molar-refractivity contribution is 7.71. The second-order valence-electron chi connectivity index (χ2n) is 5.60. The van der Waals surface area contributed by atoms with Gasteiger partial charge in [-0.3, -0.25) is 0 Å². The van der Waals surface area contributed by atoms with Crippen LogP contribution in [0.5, 0.6) is 5.75 Å². The van der Waals surface area contributed by atoms with Gasteiger partial charge in [0, 0.05) is 0 Å². The van der Waals surface area contributed by atoms with E-state index in [1.165, 1.54) is 9.78 Å². The Bertz CT molecular complexity index is 903. The number of thiophene rings is 1. The van der Waals surface area contributed by atoms with Gasteiger partial charge in [0.1, 0.15) is 12.3 Å². The van der Waals surface area contributed by atoms with E-state index in [0.717, 1.165) is 22.2 Å². The first-order valence-electron chi connectivity index (χ1n) is 7.92. The SMILES string of the molecule is CCOc1ccccc1-c1nn(C[NH+](C)Cc2ccc(Cl)s2)c(=S)o1. The quantitative estimate of drug-likeness (QED) is 0.619. The Hall–Kier alpha value is -1.67. The second kappa shape index (κ2) is 8.14. The van der Waals surface area contributed by atoms with Gasteiger partial charge in [-0.25, -0.2) is 0 Å². The van der Waals surface area contributed by atoms with E-state index in [1.807, 2.05) is 43.3 Å². The zero-order chi connectivity index (χ0) is 17.8. The van der Waals surface area contributed by atoms with Crippen molar-refractivity contribution in [3.63, 3.8) is 0 Å². The van der Waals surface area contributed by atoms with E-state index in [9.17, 15) is 0 Å². The number of nitrogens with one attached hydrogen (secondary N) is 1. The molecule has 1 aromatic carbocycles. The van der Waals surface area contributed by atoms with Crippen LogP contribution in [-0.4, -0.2) is 23.4 Å². The highest BCUT2D eigenvalue weighted by Gasteiger charge is 2.15. The number of para-hydroxylation sites is 1. The van der Waals surface area contributed by atoms with Crippen molar-refractivity contribution in [2.75, 3.05) is 13.7 Å². The predicted molar refractivity (Wildman–Crippen MR) is 102 cm³/mol. The smallest absolute Gasteiger partial charge is 0.292 e. The van der Waals surface area contributed by atoms with Gasteiger partial charge in [0.15, 0.2) is 6.67 Å². The molecule has 0 aliphatic heterocycles. The summed E-state index contributed by atoms with van der Waals surface area (Å²) in [6, 6.07) is 11.6. The monoisotopic (exact) mass is 396 g/mol. The van der Waals surface area contributed by atoms with Gasteiger partial charge in [0.05, 0.1) is 28.4 Å². The Morgan fingerprint density at radius 3 is 2.84 bits per heavy atom. The molecule has 3 aromatic rings. The van der Waals surface area contributed by atoms with Crippen molar-refractivity contribution in [2.24, 2.45) is 0 Å². The molecule has 132 valence electrons. The molecule has 2 heterocycles. The van der Waals surface area contributed by atoms with Crippen LogP contribution in [0, 0.1) is 4.84 Å². The van der Waals surface area contributed by atoms with Gasteiger partial charge < -0.3 is 14.1 Å². The van der Waals surface area contributed by atoms with E-state index in [2.05, 4.69) is 12.1 Å². The lowest BCUT2D eigenvalue weighted by Gasteiger charge is -2.11. The van der Waals surface area contributed by atoms with E-state index in [4.69, 9.17) is 33.0 Å². The van der Waals surface area contributed by atoms with Gasteiger partial charge in [-0.2, -0.15) is 4.68 Å². The topological polar surface area (TPSA) is 44.6 Å². The Morgan fingerprint density at radius 2 is 2.12 bits per heavy atom. The van der Waals surface area contributed by atoms with E-state index in [-0.39, 0.29) is 0 Å². The first kappa shape index (κ1) is 18.1. The van der Waals surface area contributed by atoms with Crippen LogP contribution in [0.25, 0.3) is 11.5 Å². The lowest BCUT2D eigenvalue weighted by molar-refractivity contribution is -0.917. The van der Waals surface area contributed by atoms with E-state index < -0.39 is 0 Å². The van der Waals surface area contributed by atoms with E-state index in [1.54, 1.807) is 16.0 Å². The van der Waals surface area contributed by atoms with Crippen molar-refractivity contribution in [2.45, 2.75) is 20.1 Å². The van der Waals surface area contributed by atoms with Gasteiger partial charge in [-0.05, 0) is 43.4 Å². The first-order chi connectivity index (χ1) is 12.1. The zero-order valence-electron chi connectivity index (χ0n) is 14.0. The Morgan fingerprint density at radius 1 is 1.32 bits per heavy atom. The summed E-state index contributed by atoms with van der Waals surface area (Å²) in [7, 11) is 2.08. The van der Waals surface area contributed by atoms with E-state index >= 15 is 0 Å². The lowest BCUT2D eigenvalue weighted by atomic mass is 10.2. The summed E-state index contributed by atoms with van der Waals surface area (Å²) in [5, 5.41) is 4.53. The van der Waals surface area contributed by atoms with Crippen molar-refractivity contribution in [1.82, 2.24) is 9.78 Å². The molecule has 5 nitrogen and oxygen atoms in total. The highest BCUT2D eigenvalue weighted by atomic mass is 35.5. The number of benzene rings is 1. The van der Waals surface area contributed by atoms with Gasteiger partial charge in [-0.15, -0.1) is 16.4 Å². The summed E-state index contributed by atoms with van der Waals surface area (Å²) in [6.07, 6.45) is 0. The minimum atomic E-state index is 0.352. The number of rotatable bonds is 7. The molecule has 1 unspecified atom stereocenters. The molecule has 1 atom stereocenters. The first-order valence-corrected chi connectivity index (χ1v) is 9.52. The molecule has 0 spiro atoms.